The van der Waals surface area contributed by atoms with E-state index in [1.807, 2.05) is 6.07 Å². The Morgan fingerprint density at radius 1 is 0.900 bits per heavy atom. The SMILES string of the molecule is CCCCc1ccc2ccccc2n1.O=[N+]([O-])c1cc([N+](=O)[O-])c(O)c([N+](=O)[O-])c1. The predicted octanol–water partition coefficient (Wildman–Crippen LogP) is 4.69. The van der Waals surface area contributed by atoms with Crippen LogP contribution in [0.2, 0.25) is 0 Å². The topological polar surface area (TPSA) is 163 Å². The van der Waals surface area contributed by atoms with Crippen molar-refractivity contribution in [3.8, 4) is 5.75 Å². The normalized spacial score (nSPS) is 10.2. The molecule has 0 bridgehead atoms. The van der Waals surface area contributed by atoms with Crippen LogP contribution in [0.25, 0.3) is 10.9 Å². The third-order valence-corrected chi connectivity index (χ3v) is 4.10. The van der Waals surface area contributed by atoms with Gasteiger partial charge in [-0.3, -0.25) is 35.3 Å². The van der Waals surface area contributed by atoms with Crippen LogP contribution in [0, 0.1) is 30.3 Å². The first kappa shape index (κ1) is 22.1. The van der Waals surface area contributed by atoms with Gasteiger partial charge in [-0.1, -0.05) is 37.6 Å². The zero-order valence-electron chi connectivity index (χ0n) is 15.9. The van der Waals surface area contributed by atoms with E-state index in [-0.39, 0.29) is 0 Å². The van der Waals surface area contributed by atoms with E-state index in [4.69, 9.17) is 5.11 Å². The van der Waals surface area contributed by atoms with E-state index in [2.05, 4.69) is 42.2 Å². The zero-order valence-corrected chi connectivity index (χ0v) is 15.9. The van der Waals surface area contributed by atoms with Crippen molar-refractivity contribution < 1.29 is 19.9 Å². The number of phenols is 1. The number of para-hydroxylation sites is 1. The van der Waals surface area contributed by atoms with E-state index in [9.17, 15) is 30.3 Å². The number of nitrogens with zero attached hydrogens (tertiary/aromatic N) is 4. The molecule has 0 aliphatic carbocycles. The van der Waals surface area contributed by atoms with Gasteiger partial charge in [0.1, 0.15) is 0 Å². The first-order valence-electron chi connectivity index (χ1n) is 8.89. The fourth-order valence-electron chi connectivity index (χ4n) is 2.58. The molecule has 11 nitrogen and oxygen atoms in total. The molecular formula is C19H18N4O7. The number of fused-ring (bicyclic) bond motifs is 1. The lowest BCUT2D eigenvalue weighted by molar-refractivity contribution is -0.404. The monoisotopic (exact) mass is 414 g/mol. The van der Waals surface area contributed by atoms with Gasteiger partial charge in [0.25, 0.3) is 11.4 Å². The second-order valence-corrected chi connectivity index (χ2v) is 6.20. The first-order valence-corrected chi connectivity index (χ1v) is 8.89. The largest absolute Gasteiger partial charge is 0.497 e. The van der Waals surface area contributed by atoms with Crippen molar-refractivity contribution in [2.24, 2.45) is 0 Å². The number of pyridine rings is 1. The number of phenolic OH excluding ortho intramolecular Hbond substituents is 1. The van der Waals surface area contributed by atoms with Gasteiger partial charge in [0.05, 0.1) is 32.4 Å². The van der Waals surface area contributed by atoms with Gasteiger partial charge in [0.2, 0.25) is 0 Å². The average molecular weight is 414 g/mol. The molecular weight excluding hydrogens is 396 g/mol. The second kappa shape index (κ2) is 9.87. The van der Waals surface area contributed by atoms with Crippen molar-refractivity contribution in [1.29, 1.82) is 0 Å². The van der Waals surface area contributed by atoms with E-state index in [1.54, 1.807) is 0 Å². The number of benzene rings is 2. The Morgan fingerprint density at radius 3 is 2.03 bits per heavy atom. The molecule has 30 heavy (non-hydrogen) atoms. The summed E-state index contributed by atoms with van der Waals surface area (Å²) in [6, 6.07) is 13.5. The number of aromatic hydroxyl groups is 1. The van der Waals surface area contributed by atoms with Gasteiger partial charge in [-0.25, -0.2) is 0 Å². The Morgan fingerprint density at radius 2 is 1.50 bits per heavy atom. The summed E-state index contributed by atoms with van der Waals surface area (Å²) in [5.41, 5.74) is -0.676. The molecule has 0 atom stereocenters. The molecule has 0 aliphatic heterocycles. The number of nitro groups is 3. The van der Waals surface area contributed by atoms with Crippen molar-refractivity contribution in [3.05, 3.63) is 84.6 Å². The summed E-state index contributed by atoms with van der Waals surface area (Å²) in [4.78, 5) is 32.4. The standard InChI is InChI=1S/C13H15N.C6H3N3O7/c1-2-3-7-12-10-9-11-6-4-5-8-13(11)14-12;10-6-4(8(13)14)1-3(7(11)12)2-5(6)9(15)16/h4-6,8-10H,2-3,7H2,1H3;1-2,10H. The van der Waals surface area contributed by atoms with Crippen molar-refractivity contribution in [3.63, 3.8) is 0 Å². The van der Waals surface area contributed by atoms with E-state index >= 15 is 0 Å². The Labute approximate surface area is 170 Å². The number of unbranched alkanes of at least 4 members (excludes halogenated alkanes) is 1. The van der Waals surface area contributed by atoms with E-state index in [1.165, 1.54) is 23.9 Å². The van der Waals surface area contributed by atoms with Gasteiger partial charge >= 0.3 is 11.4 Å². The number of rotatable bonds is 6. The number of nitro benzene ring substituents is 3. The first-order chi connectivity index (χ1) is 14.2. The fraction of sp³-hybridized carbons (Fsp3) is 0.211. The minimum Gasteiger partial charge on any atom is -0.497 e. The van der Waals surface area contributed by atoms with Crippen LogP contribution in [-0.4, -0.2) is 24.9 Å². The van der Waals surface area contributed by atoms with Crippen molar-refractivity contribution in [2.45, 2.75) is 26.2 Å². The van der Waals surface area contributed by atoms with Gasteiger partial charge in [0.15, 0.2) is 0 Å². The number of aryl methyl sites for hydroxylation is 1. The van der Waals surface area contributed by atoms with Crippen molar-refractivity contribution in [2.75, 3.05) is 0 Å². The van der Waals surface area contributed by atoms with Crippen molar-refractivity contribution >= 4 is 28.0 Å². The highest BCUT2D eigenvalue weighted by atomic mass is 16.6. The molecule has 0 spiro atoms. The summed E-state index contributed by atoms with van der Waals surface area (Å²) >= 11 is 0. The molecule has 11 heteroatoms. The van der Waals surface area contributed by atoms with Crippen molar-refractivity contribution in [1.82, 2.24) is 4.98 Å². The third-order valence-electron chi connectivity index (χ3n) is 4.10. The Balaban J connectivity index is 0.000000215. The summed E-state index contributed by atoms with van der Waals surface area (Å²) < 4.78 is 0. The number of non-ortho nitro benzene ring substituents is 1. The Kier molecular flexibility index (Phi) is 7.28. The van der Waals surface area contributed by atoms with Crippen LogP contribution < -0.4 is 0 Å². The maximum Gasteiger partial charge on any atom is 0.324 e. The molecule has 0 fully saturated rings. The van der Waals surface area contributed by atoms with Crippen LogP contribution in [0.4, 0.5) is 17.1 Å². The summed E-state index contributed by atoms with van der Waals surface area (Å²) in [7, 11) is 0. The fourth-order valence-corrected chi connectivity index (χ4v) is 2.58. The maximum absolute atomic E-state index is 10.4. The van der Waals surface area contributed by atoms with Crippen LogP contribution >= 0.6 is 0 Å². The van der Waals surface area contributed by atoms with Gasteiger partial charge in [-0.05, 0) is 25.0 Å². The molecule has 1 heterocycles. The van der Waals surface area contributed by atoms with Crippen LogP contribution in [0.1, 0.15) is 25.5 Å². The lowest BCUT2D eigenvalue weighted by Crippen LogP contribution is -1.97. The lowest BCUT2D eigenvalue weighted by Gasteiger charge is -2.01. The average Bonchev–Trinajstić information content (AvgIpc) is 2.72. The quantitative estimate of drug-likeness (QED) is 0.448. The van der Waals surface area contributed by atoms with Gasteiger partial charge < -0.3 is 5.11 Å². The highest BCUT2D eigenvalue weighted by molar-refractivity contribution is 5.78. The van der Waals surface area contributed by atoms with E-state index < -0.39 is 37.6 Å². The number of hydrogen-bond acceptors (Lipinski definition) is 8. The molecule has 3 rings (SSSR count). The van der Waals surface area contributed by atoms with Crippen LogP contribution in [0.3, 0.4) is 0 Å². The molecule has 3 aromatic rings. The molecule has 2 aromatic carbocycles. The Bertz CT molecular complexity index is 1070. The van der Waals surface area contributed by atoms with Gasteiger partial charge in [-0.2, -0.15) is 0 Å². The molecule has 156 valence electrons. The highest BCUT2D eigenvalue weighted by Gasteiger charge is 2.30. The maximum atomic E-state index is 10.4. The minimum absolute atomic E-state index is 0.447. The number of hydrogen-bond donors (Lipinski definition) is 1. The molecule has 0 amide bonds. The predicted molar refractivity (Wildman–Crippen MR) is 108 cm³/mol. The molecule has 0 saturated carbocycles. The zero-order chi connectivity index (χ0) is 22.3. The minimum atomic E-state index is -1.21. The molecule has 0 aliphatic rings. The smallest absolute Gasteiger partial charge is 0.324 e. The molecule has 1 N–H and O–H groups in total. The number of aromatic nitrogens is 1. The second-order valence-electron chi connectivity index (χ2n) is 6.20. The molecule has 0 unspecified atom stereocenters. The Hall–Kier alpha value is -4.15. The summed E-state index contributed by atoms with van der Waals surface area (Å²) in [6.45, 7) is 2.21. The van der Waals surface area contributed by atoms with E-state index in [0.717, 1.165) is 11.9 Å². The summed E-state index contributed by atoms with van der Waals surface area (Å²) in [5, 5.41) is 41.4. The molecule has 0 radical (unpaired) electrons. The summed E-state index contributed by atoms with van der Waals surface area (Å²) in [6.07, 6.45) is 3.56. The van der Waals surface area contributed by atoms with E-state index in [0.29, 0.717) is 12.1 Å². The molecule has 1 aromatic heterocycles. The van der Waals surface area contributed by atoms with Crippen LogP contribution in [-0.2, 0) is 6.42 Å². The lowest BCUT2D eigenvalue weighted by atomic mass is 10.1. The highest BCUT2D eigenvalue weighted by Crippen LogP contribution is 2.38. The van der Waals surface area contributed by atoms with Gasteiger partial charge in [0, 0.05) is 11.1 Å². The summed E-state index contributed by atoms with van der Waals surface area (Å²) in [5.74, 6) is -1.21. The third kappa shape index (κ3) is 5.44. The van der Waals surface area contributed by atoms with Gasteiger partial charge in [-0.15, -0.1) is 0 Å². The molecule has 0 saturated heterocycles. The van der Waals surface area contributed by atoms with Crippen LogP contribution in [0.5, 0.6) is 5.75 Å². The van der Waals surface area contributed by atoms with Crippen LogP contribution in [0.15, 0.2) is 48.5 Å².